The van der Waals surface area contributed by atoms with E-state index >= 15 is 0 Å². The number of hydrogen-bond donors (Lipinski definition) is 2. The van der Waals surface area contributed by atoms with Crippen molar-refractivity contribution in [3.05, 3.63) is 62.6 Å². The second-order valence-electron chi connectivity index (χ2n) is 6.72. The van der Waals surface area contributed by atoms with Crippen LogP contribution < -0.4 is 10.0 Å². The van der Waals surface area contributed by atoms with Crippen molar-refractivity contribution in [1.82, 2.24) is 4.72 Å². The van der Waals surface area contributed by atoms with Gasteiger partial charge in [0.15, 0.2) is 0 Å². The minimum atomic E-state index is -3.65. The molecule has 27 heavy (non-hydrogen) atoms. The zero-order chi connectivity index (χ0) is 20.2. The SMILES string of the molecule is CC(C)(CNc1ccc([N+](=O)[O-])cc1Cl)CNS(=O)(=O)c1ccc(Cl)cc1. The van der Waals surface area contributed by atoms with Crippen molar-refractivity contribution < 1.29 is 13.3 Å². The Balaban J connectivity index is 1.98. The van der Waals surface area contributed by atoms with Gasteiger partial charge in [-0.15, -0.1) is 0 Å². The first kappa shape index (κ1) is 21.4. The van der Waals surface area contributed by atoms with Crippen molar-refractivity contribution in [3.8, 4) is 0 Å². The molecule has 0 aliphatic carbocycles. The second kappa shape index (κ2) is 8.43. The van der Waals surface area contributed by atoms with Crippen LogP contribution in [0.4, 0.5) is 11.4 Å². The first-order valence-electron chi connectivity index (χ1n) is 7.93. The Kier molecular flexibility index (Phi) is 6.69. The molecule has 0 unspecified atom stereocenters. The largest absolute Gasteiger partial charge is 0.383 e. The Hall–Kier alpha value is -1.87. The molecule has 146 valence electrons. The van der Waals surface area contributed by atoms with Crippen molar-refractivity contribution in [1.29, 1.82) is 0 Å². The van der Waals surface area contributed by atoms with Gasteiger partial charge in [-0.2, -0.15) is 0 Å². The average Bonchev–Trinajstić information content (AvgIpc) is 2.59. The van der Waals surface area contributed by atoms with E-state index in [1.807, 2.05) is 13.8 Å². The fourth-order valence-electron chi connectivity index (χ4n) is 2.15. The molecule has 0 saturated carbocycles. The van der Waals surface area contributed by atoms with Crippen LogP contribution in [0.3, 0.4) is 0 Å². The summed E-state index contributed by atoms with van der Waals surface area (Å²) in [5.74, 6) is 0. The number of benzene rings is 2. The third kappa shape index (κ3) is 6.07. The van der Waals surface area contributed by atoms with Gasteiger partial charge in [0.25, 0.3) is 5.69 Å². The highest BCUT2D eigenvalue weighted by molar-refractivity contribution is 7.89. The standard InChI is InChI=1S/C17H19Cl2N3O4S/c1-17(2,10-20-16-8-5-13(22(23)24)9-15(16)19)11-21-27(25,26)14-6-3-12(18)4-7-14/h3-9,20-21H,10-11H2,1-2H3. The van der Waals surface area contributed by atoms with Gasteiger partial charge in [0.05, 0.1) is 20.5 Å². The number of halogens is 2. The molecule has 0 aliphatic rings. The van der Waals surface area contributed by atoms with Crippen LogP contribution in [-0.2, 0) is 10.0 Å². The van der Waals surface area contributed by atoms with E-state index in [-0.39, 0.29) is 22.2 Å². The number of non-ortho nitro benzene ring substituents is 1. The molecule has 2 aromatic carbocycles. The Bertz CT molecular complexity index is 932. The Morgan fingerprint density at radius 3 is 2.26 bits per heavy atom. The van der Waals surface area contributed by atoms with E-state index < -0.39 is 20.4 Å². The lowest BCUT2D eigenvalue weighted by molar-refractivity contribution is -0.384. The molecule has 0 amide bonds. The van der Waals surface area contributed by atoms with Gasteiger partial charge in [-0.05, 0) is 35.7 Å². The molecule has 2 rings (SSSR count). The van der Waals surface area contributed by atoms with Gasteiger partial charge in [-0.3, -0.25) is 10.1 Å². The minimum absolute atomic E-state index is 0.0967. The number of hydrogen-bond acceptors (Lipinski definition) is 5. The Labute approximate surface area is 167 Å². The lowest BCUT2D eigenvalue weighted by Gasteiger charge is -2.26. The minimum Gasteiger partial charge on any atom is -0.383 e. The molecule has 0 fully saturated rings. The Morgan fingerprint density at radius 1 is 1.07 bits per heavy atom. The summed E-state index contributed by atoms with van der Waals surface area (Å²) in [6, 6.07) is 10.0. The summed E-state index contributed by atoms with van der Waals surface area (Å²) in [6.07, 6.45) is 0. The molecule has 0 bridgehead atoms. The fraction of sp³-hybridized carbons (Fsp3) is 0.294. The molecule has 0 heterocycles. The zero-order valence-corrected chi connectivity index (χ0v) is 17.0. The van der Waals surface area contributed by atoms with Crippen LogP contribution in [0, 0.1) is 15.5 Å². The van der Waals surface area contributed by atoms with Gasteiger partial charge in [0.2, 0.25) is 10.0 Å². The van der Waals surface area contributed by atoms with Gasteiger partial charge in [0.1, 0.15) is 0 Å². The molecule has 0 saturated heterocycles. The summed E-state index contributed by atoms with van der Waals surface area (Å²) in [7, 11) is -3.65. The quantitative estimate of drug-likeness (QED) is 0.478. The summed E-state index contributed by atoms with van der Waals surface area (Å²) in [6.45, 7) is 4.33. The predicted molar refractivity (Wildman–Crippen MR) is 107 cm³/mol. The van der Waals surface area contributed by atoms with E-state index in [0.717, 1.165) is 0 Å². The predicted octanol–water partition coefficient (Wildman–Crippen LogP) is 4.32. The van der Waals surface area contributed by atoms with E-state index in [4.69, 9.17) is 23.2 Å². The van der Waals surface area contributed by atoms with Crippen LogP contribution in [0.5, 0.6) is 0 Å². The number of sulfonamides is 1. The summed E-state index contributed by atoms with van der Waals surface area (Å²) < 4.78 is 27.3. The summed E-state index contributed by atoms with van der Waals surface area (Å²) in [5.41, 5.74) is -0.0126. The number of rotatable bonds is 8. The van der Waals surface area contributed by atoms with Gasteiger partial charge in [0, 0.05) is 30.2 Å². The number of nitro groups is 1. The maximum Gasteiger partial charge on any atom is 0.271 e. The van der Waals surface area contributed by atoms with Crippen molar-refractivity contribution >= 4 is 44.6 Å². The van der Waals surface area contributed by atoms with Crippen LogP contribution in [0.25, 0.3) is 0 Å². The lowest BCUT2D eigenvalue weighted by Crippen LogP contribution is -2.38. The summed E-state index contributed by atoms with van der Waals surface area (Å²) in [5, 5.41) is 14.5. The van der Waals surface area contributed by atoms with E-state index in [0.29, 0.717) is 17.3 Å². The number of anilines is 1. The molecule has 10 heteroatoms. The first-order chi connectivity index (χ1) is 12.5. The molecule has 2 aromatic rings. The van der Waals surface area contributed by atoms with Crippen LogP contribution in [0.1, 0.15) is 13.8 Å². The van der Waals surface area contributed by atoms with Crippen molar-refractivity contribution in [2.24, 2.45) is 5.41 Å². The highest BCUT2D eigenvalue weighted by Gasteiger charge is 2.23. The van der Waals surface area contributed by atoms with Gasteiger partial charge in [-0.1, -0.05) is 37.0 Å². The number of nitro benzene ring substituents is 1. The number of nitrogens with zero attached hydrogens (tertiary/aromatic N) is 1. The van der Waals surface area contributed by atoms with Crippen molar-refractivity contribution in [3.63, 3.8) is 0 Å². The molecule has 0 atom stereocenters. The van der Waals surface area contributed by atoms with Crippen molar-refractivity contribution in [2.75, 3.05) is 18.4 Å². The Morgan fingerprint density at radius 2 is 1.70 bits per heavy atom. The third-order valence-electron chi connectivity index (χ3n) is 3.79. The van der Waals surface area contributed by atoms with E-state index in [2.05, 4.69) is 10.0 Å². The van der Waals surface area contributed by atoms with Gasteiger partial charge >= 0.3 is 0 Å². The van der Waals surface area contributed by atoms with Crippen molar-refractivity contribution in [2.45, 2.75) is 18.7 Å². The maximum absolute atomic E-state index is 12.4. The first-order valence-corrected chi connectivity index (χ1v) is 10.2. The smallest absolute Gasteiger partial charge is 0.271 e. The normalized spacial score (nSPS) is 12.0. The number of nitrogens with one attached hydrogen (secondary N) is 2. The van der Waals surface area contributed by atoms with Gasteiger partial charge in [-0.25, -0.2) is 13.1 Å². The zero-order valence-electron chi connectivity index (χ0n) is 14.7. The maximum atomic E-state index is 12.4. The fourth-order valence-corrected chi connectivity index (χ4v) is 3.75. The third-order valence-corrected chi connectivity index (χ3v) is 5.77. The summed E-state index contributed by atoms with van der Waals surface area (Å²) >= 11 is 11.8. The molecule has 0 radical (unpaired) electrons. The van der Waals surface area contributed by atoms with E-state index in [9.17, 15) is 18.5 Å². The van der Waals surface area contributed by atoms with Crippen LogP contribution in [0.15, 0.2) is 47.4 Å². The molecular formula is C17H19Cl2N3O4S. The molecular weight excluding hydrogens is 413 g/mol. The molecule has 7 nitrogen and oxygen atoms in total. The molecule has 0 aromatic heterocycles. The molecule has 0 aliphatic heterocycles. The van der Waals surface area contributed by atoms with Crippen LogP contribution >= 0.6 is 23.2 Å². The average molecular weight is 432 g/mol. The van der Waals surface area contributed by atoms with Gasteiger partial charge < -0.3 is 5.32 Å². The second-order valence-corrected chi connectivity index (χ2v) is 9.33. The highest BCUT2D eigenvalue weighted by Crippen LogP contribution is 2.28. The topological polar surface area (TPSA) is 101 Å². The monoisotopic (exact) mass is 431 g/mol. The summed E-state index contributed by atoms with van der Waals surface area (Å²) in [4.78, 5) is 10.4. The van der Waals surface area contributed by atoms with E-state index in [1.54, 1.807) is 0 Å². The highest BCUT2D eigenvalue weighted by atomic mass is 35.5. The van der Waals surface area contributed by atoms with Crippen LogP contribution in [-0.4, -0.2) is 26.4 Å². The van der Waals surface area contributed by atoms with Crippen LogP contribution in [0.2, 0.25) is 10.0 Å². The molecule has 2 N–H and O–H groups in total. The van der Waals surface area contributed by atoms with E-state index in [1.165, 1.54) is 42.5 Å². The molecule has 0 spiro atoms. The lowest BCUT2D eigenvalue weighted by atomic mass is 9.94.